The minimum atomic E-state index is -0.611. The molecule has 0 aromatic heterocycles. The third-order valence-corrected chi connectivity index (χ3v) is 6.18. The minimum absolute atomic E-state index is 0.114. The topological polar surface area (TPSA) is 26.0 Å². The zero-order valence-electron chi connectivity index (χ0n) is 11.4. The lowest BCUT2D eigenvalue weighted by Gasteiger charge is -2.34. The molecule has 104 valence electrons. The van der Waals surface area contributed by atoms with Crippen LogP contribution in [0.3, 0.4) is 0 Å². The van der Waals surface area contributed by atoms with Crippen molar-refractivity contribution < 1.29 is 0 Å². The van der Waals surface area contributed by atoms with E-state index in [1.54, 1.807) is 0 Å². The molecule has 0 aliphatic heterocycles. The number of hydrogen-bond acceptors (Lipinski definition) is 1. The van der Waals surface area contributed by atoms with Gasteiger partial charge in [-0.15, -0.1) is 23.2 Å². The van der Waals surface area contributed by atoms with Gasteiger partial charge in [0.1, 0.15) is 4.33 Å². The fourth-order valence-electron chi connectivity index (χ4n) is 3.36. The first kappa shape index (κ1) is 13.7. The molecule has 2 aliphatic rings. The quantitative estimate of drug-likeness (QED) is 0.791. The van der Waals surface area contributed by atoms with Crippen LogP contribution in [-0.2, 0) is 11.0 Å². The summed E-state index contributed by atoms with van der Waals surface area (Å²) in [4.78, 5) is 0. The van der Waals surface area contributed by atoms with E-state index in [1.807, 2.05) is 0 Å². The Labute approximate surface area is 125 Å². The van der Waals surface area contributed by atoms with Crippen molar-refractivity contribution in [1.29, 1.82) is 0 Å². The van der Waals surface area contributed by atoms with E-state index in [-0.39, 0.29) is 11.0 Å². The Hall–Kier alpha value is -0.240. The molecule has 19 heavy (non-hydrogen) atoms. The van der Waals surface area contributed by atoms with Crippen molar-refractivity contribution in [1.82, 2.24) is 0 Å². The van der Waals surface area contributed by atoms with Gasteiger partial charge >= 0.3 is 0 Å². The van der Waals surface area contributed by atoms with E-state index < -0.39 is 4.33 Å². The van der Waals surface area contributed by atoms with Crippen molar-refractivity contribution in [2.75, 3.05) is 0 Å². The Balaban J connectivity index is 1.93. The molecule has 0 saturated heterocycles. The summed E-state index contributed by atoms with van der Waals surface area (Å²) in [6.07, 6.45) is 6.76. The van der Waals surface area contributed by atoms with Gasteiger partial charge < -0.3 is 5.73 Å². The molecule has 3 rings (SSSR count). The molecule has 0 heterocycles. The van der Waals surface area contributed by atoms with Crippen LogP contribution < -0.4 is 5.73 Å². The van der Waals surface area contributed by atoms with Gasteiger partial charge in [-0.05, 0) is 30.4 Å². The monoisotopic (exact) mass is 297 g/mol. The fraction of sp³-hybridized carbons (Fsp3) is 0.625. The zero-order chi connectivity index (χ0) is 13.7. The molecule has 0 amide bonds. The molecule has 2 saturated carbocycles. The molecule has 1 aromatic carbocycles. The maximum Gasteiger partial charge on any atom is 0.128 e. The Kier molecular flexibility index (Phi) is 3.16. The molecule has 1 aromatic rings. The summed E-state index contributed by atoms with van der Waals surface area (Å²) in [7, 11) is 0. The second kappa shape index (κ2) is 4.38. The number of hydrogen-bond donors (Lipinski definition) is 1. The second-order valence-corrected chi connectivity index (χ2v) is 7.99. The molecule has 0 unspecified atom stereocenters. The van der Waals surface area contributed by atoms with Gasteiger partial charge in [0.05, 0.1) is 0 Å². The van der Waals surface area contributed by atoms with E-state index in [0.29, 0.717) is 0 Å². The van der Waals surface area contributed by atoms with E-state index in [2.05, 4.69) is 31.2 Å². The summed E-state index contributed by atoms with van der Waals surface area (Å²) >= 11 is 12.6. The van der Waals surface area contributed by atoms with Crippen LogP contribution in [0.25, 0.3) is 0 Å². The molecule has 3 heteroatoms. The molecular formula is C16H21Cl2N. The van der Waals surface area contributed by atoms with Crippen molar-refractivity contribution in [3.63, 3.8) is 0 Å². The highest BCUT2D eigenvalue weighted by Crippen LogP contribution is 2.64. The van der Waals surface area contributed by atoms with Crippen LogP contribution in [0, 0.1) is 0 Å². The number of halogens is 2. The lowest BCUT2D eigenvalue weighted by Crippen LogP contribution is -2.38. The standard InChI is InChI=1S/C16H21Cl2N/c1-14(11-16(14,17)18)12-6-5-7-13(10-12)15(19)8-3-2-4-9-15/h5-7,10H,2-4,8-9,11,19H2,1H3/t14-/m1/s1. The summed E-state index contributed by atoms with van der Waals surface area (Å²) in [6.45, 7) is 2.14. The molecule has 2 aliphatic carbocycles. The van der Waals surface area contributed by atoms with Gasteiger partial charge in [0.15, 0.2) is 0 Å². The van der Waals surface area contributed by atoms with Crippen molar-refractivity contribution >= 4 is 23.2 Å². The van der Waals surface area contributed by atoms with E-state index in [0.717, 1.165) is 19.3 Å². The Morgan fingerprint density at radius 3 is 2.21 bits per heavy atom. The Morgan fingerprint density at radius 2 is 1.63 bits per heavy atom. The lowest BCUT2D eigenvalue weighted by molar-refractivity contribution is 0.302. The smallest absolute Gasteiger partial charge is 0.128 e. The minimum Gasteiger partial charge on any atom is -0.321 e. The fourth-order valence-corrected chi connectivity index (χ4v) is 4.11. The van der Waals surface area contributed by atoms with Crippen LogP contribution in [0.2, 0.25) is 0 Å². The van der Waals surface area contributed by atoms with Crippen molar-refractivity contribution in [3.8, 4) is 0 Å². The van der Waals surface area contributed by atoms with Gasteiger partial charge in [-0.2, -0.15) is 0 Å². The first-order valence-corrected chi connectivity index (χ1v) is 7.91. The molecule has 2 N–H and O–H groups in total. The number of benzene rings is 1. The summed E-state index contributed by atoms with van der Waals surface area (Å²) in [5, 5.41) is 0. The second-order valence-electron chi connectivity index (χ2n) is 6.51. The van der Waals surface area contributed by atoms with Crippen LogP contribution in [-0.4, -0.2) is 4.33 Å². The third kappa shape index (κ3) is 2.20. The Bertz CT molecular complexity index is 491. The van der Waals surface area contributed by atoms with Gasteiger partial charge in [-0.1, -0.05) is 50.5 Å². The lowest BCUT2D eigenvalue weighted by atomic mass is 9.76. The number of nitrogens with two attached hydrogens (primary N) is 1. The van der Waals surface area contributed by atoms with Crippen molar-refractivity contribution in [2.45, 2.75) is 60.7 Å². The van der Waals surface area contributed by atoms with E-state index in [9.17, 15) is 0 Å². The summed E-state index contributed by atoms with van der Waals surface area (Å²) in [6, 6.07) is 8.62. The molecule has 0 radical (unpaired) electrons. The predicted octanol–water partition coefficient (Wildman–Crippen LogP) is 4.64. The largest absolute Gasteiger partial charge is 0.321 e. The summed E-state index contributed by atoms with van der Waals surface area (Å²) in [5.41, 5.74) is 8.83. The maximum atomic E-state index is 6.61. The van der Waals surface area contributed by atoms with Gasteiger partial charge in [-0.25, -0.2) is 0 Å². The number of rotatable bonds is 2. The van der Waals surface area contributed by atoms with Gasteiger partial charge in [-0.3, -0.25) is 0 Å². The highest BCUT2D eigenvalue weighted by Gasteiger charge is 2.63. The Morgan fingerprint density at radius 1 is 1.05 bits per heavy atom. The van der Waals surface area contributed by atoms with Crippen molar-refractivity contribution in [3.05, 3.63) is 35.4 Å². The molecule has 1 atom stereocenters. The average molecular weight is 298 g/mol. The van der Waals surface area contributed by atoms with Crippen LogP contribution >= 0.6 is 23.2 Å². The van der Waals surface area contributed by atoms with Gasteiger partial charge in [0, 0.05) is 11.0 Å². The van der Waals surface area contributed by atoms with Crippen LogP contribution in [0.5, 0.6) is 0 Å². The molecular weight excluding hydrogens is 277 g/mol. The molecule has 0 bridgehead atoms. The van der Waals surface area contributed by atoms with E-state index in [4.69, 9.17) is 28.9 Å². The predicted molar refractivity (Wildman–Crippen MR) is 81.8 cm³/mol. The molecule has 2 fully saturated rings. The average Bonchev–Trinajstić information content (AvgIpc) is 2.91. The first-order chi connectivity index (χ1) is 8.87. The molecule has 0 spiro atoms. The number of alkyl halides is 2. The van der Waals surface area contributed by atoms with E-state index in [1.165, 1.54) is 30.4 Å². The van der Waals surface area contributed by atoms with Crippen LogP contribution in [0.15, 0.2) is 24.3 Å². The van der Waals surface area contributed by atoms with E-state index >= 15 is 0 Å². The summed E-state index contributed by atoms with van der Waals surface area (Å²) in [5.74, 6) is 0. The normalized spacial score (nSPS) is 32.0. The van der Waals surface area contributed by atoms with Gasteiger partial charge in [0.2, 0.25) is 0 Å². The highest BCUT2D eigenvalue weighted by molar-refractivity contribution is 6.52. The summed E-state index contributed by atoms with van der Waals surface area (Å²) < 4.78 is -0.611. The molecule has 1 nitrogen and oxygen atoms in total. The van der Waals surface area contributed by atoms with Crippen LogP contribution in [0.4, 0.5) is 0 Å². The zero-order valence-corrected chi connectivity index (χ0v) is 12.9. The van der Waals surface area contributed by atoms with Crippen molar-refractivity contribution in [2.24, 2.45) is 5.73 Å². The van der Waals surface area contributed by atoms with Gasteiger partial charge in [0.25, 0.3) is 0 Å². The highest BCUT2D eigenvalue weighted by atomic mass is 35.5. The maximum absolute atomic E-state index is 6.61. The van der Waals surface area contributed by atoms with Crippen LogP contribution in [0.1, 0.15) is 56.6 Å². The third-order valence-electron chi connectivity index (χ3n) is 5.08. The SMILES string of the molecule is C[C@]1(c2cccc(C3(N)CCCCC3)c2)CC1(Cl)Cl. The first-order valence-electron chi connectivity index (χ1n) is 7.15.